The van der Waals surface area contributed by atoms with Gasteiger partial charge in [-0.25, -0.2) is 0 Å². The number of hydrogen-bond donors (Lipinski definition) is 2. The molecule has 6 heteroatoms. The van der Waals surface area contributed by atoms with Crippen LogP contribution < -0.4 is 20.1 Å². The number of benzene rings is 2. The second-order valence-electron chi connectivity index (χ2n) is 5.10. The summed E-state index contributed by atoms with van der Waals surface area (Å²) < 4.78 is 10.7. The van der Waals surface area contributed by atoms with Crippen LogP contribution in [0.25, 0.3) is 0 Å². The van der Waals surface area contributed by atoms with E-state index < -0.39 is 0 Å². The third kappa shape index (κ3) is 4.07. The van der Waals surface area contributed by atoms with Gasteiger partial charge in [-0.2, -0.15) is 0 Å². The molecule has 0 bridgehead atoms. The number of nitrogens with one attached hydrogen (secondary N) is 2. The lowest BCUT2D eigenvalue weighted by molar-refractivity contribution is 0.174. The molecule has 0 radical (unpaired) electrons. The maximum Gasteiger partial charge on any atom is 0.231 e. The molecule has 0 saturated heterocycles. The maximum atomic E-state index is 5.99. The Kier molecular flexibility index (Phi) is 4.88. The Labute approximate surface area is 140 Å². The topological polar surface area (TPSA) is 54.9 Å². The van der Waals surface area contributed by atoms with Gasteiger partial charge in [0, 0.05) is 25.2 Å². The van der Waals surface area contributed by atoms with E-state index >= 15 is 0 Å². The number of guanidine groups is 1. The fraction of sp³-hybridized carbons (Fsp3) is 0.235. The lowest BCUT2D eigenvalue weighted by Gasteiger charge is -2.12. The molecule has 2 N–H and O–H groups in total. The lowest BCUT2D eigenvalue weighted by Crippen LogP contribution is -2.36. The third-order valence-electron chi connectivity index (χ3n) is 3.47. The highest BCUT2D eigenvalue weighted by Crippen LogP contribution is 2.32. The first-order chi connectivity index (χ1) is 11.2. The Hall–Kier alpha value is -2.40. The summed E-state index contributed by atoms with van der Waals surface area (Å²) in [4.78, 5) is 4.22. The van der Waals surface area contributed by atoms with Gasteiger partial charge in [0.05, 0.1) is 0 Å². The molecule has 120 valence electrons. The molecule has 0 atom stereocenters. The number of hydrogen-bond acceptors (Lipinski definition) is 3. The number of nitrogens with zero attached hydrogens (tertiary/aromatic N) is 1. The number of aliphatic imine (C=N–C) groups is 1. The summed E-state index contributed by atoms with van der Waals surface area (Å²) in [5.74, 6) is 2.30. The van der Waals surface area contributed by atoms with Gasteiger partial charge in [0.2, 0.25) is 6.79 Å². The van der Waals surface area contributed by atoms with Crippen LogP contribution in [-0.2, 0) is 13.1 Å². The molecule has 1 aliphatic heterocycles. The number of rotatable bonds is 4. The van der Waals surface area contributed by atoms with Crippen molar-refractivity contribution in [3.05, 3.63) is 58.6 Å². The van der Waals surface area contributed by atoms with Crippen LogP contribution in [0.1, 0.15) is 11.1 Å². The normalized spacial score (nSPS) is 13.0. The highest BCUT2D eigenvalue weighted by molar-refractivity contribution is 6.30. The Morgan fingerprint density at radius 1 is 1.04 bits per heavy atom. The molecule has 23 heavy (non-hydrogen) atoms. The largest absolute Gasteiger partial charge is 0.454 e. The number of ether oxygens (including phenoxy) is 2. The van der Waals surface area contributed by atoms with Crippen molar-refractivity contribution >= 4 is 17.6 Å². The molecule has 0 spiro atoms. The van der Waals surface area contributed by atoms with Crippen LogP contribution in [0.4, 0.5) is 0 Å². The van der Waals surface area contributed by atoms with Crippen LogP contribution >= 0.6 is 11.6 Å². The van der Waals surface area contributed by atoms with E-state index in [1.54, 1.807) is 7.05 Å². The van der Waals surface area contributed by atoms with Crippen LogP contribution in [-0.4, -0.2) is 19.8 Å². The summed E-state index contributed by atoms with van der Waals surface area (Å²) in [6, 6.07) is 13.6. The molecule has 0 aromatic heterocycles. The van der Waals surface area contributed by atoms with Gasteiger partial charge in [-0.15, -0.1) is 0 Å². The van der Waals surface area contributed by atoms with Gasteiger partial charge in [0.25, 0.3) is 0 Å². The molecular weight excluding hydrogens is 314 g/mol. The minimum atomic E-state index is 0.287. The van der Waals surface area contributed by atoms with Crippen molar-refractivity contribution < 1.29 is 9.47 Å². The third-order valence-corrected chi connectivity index (χ3v) is 3.70. The average Bonchev–Trinajstić information content (AvgIpc) is 3.03. The van der Waals surface area contributed by atoms with Crippen LogP contribution in [0.15, 0.2) is 47.5 Å². The Balaban J connectivity index is 1.53. The molecule has 1 heterocycles. The molecule has 0 saturated carbocycles. The second kappa shape index (κ2) is 7.24. The maximum absolute atomic E-state index is 5.99. The highest BCUT2D eigenvalue weighted by Gasteiger charge is 2.13. The van der Waals surface area contributed by atoms with E-state index in [4.69, 9.17) is 21.1 Å². The minimum Gasteiger partial charge on any atom is -0.454 e. The lowest BCUT2D eigenvalue weighted by atomic mass is 10.2. The quantitative estimate of drug-likeness (QED) is 0.668. The van der Waals surface area contributed by atoms with Gasteiger partial charge in [-0.1, -0.05) is 29.8 Å². The smallest absolute Gasteiger partial charge is 0.231 e. The van der Waals surface area contributed by atoms with Crippen LogP contribution in [0.2, 0.25) is 5.02 Å². The first kappa shape index (κ1) is 15.5. The first-order valence-corrected chi connectivity index (χ1v) is 7.70. The summed E-state index contributed by atoms with van der Waals surface area (Å²) in [5.41, 5.74) is 2.20. The molecule has 0 unspecified atom stereocenters. The Morgan fingerprint density at radius 3 is 2.52 bits per heavy atom. The van der Waals surface area contributed by atoms with Crippen molar-refractivity contribution in [1.29, 1.82) is 0 Å². The molecular formula is C17H18ClN3O2. The van der Waals surface area contributed by atoms with E-state index in [1.165, 1.54) is 0 Å². The van der Waals surface area contributed by atoms with Gasteiger partial charge >= 0.3 is 0 Å². The first-order valence-electron chi connectivity index (χ1n) is 7.32. The van der Waals surface area contributed by atoms with Crippen molar-refractivity contribution in [3.8, 4) is 11.5 Å². The molecule has 2 aromatic rings. The number of halogens is 1. The standard InChI is InChI=1S/C17H18ClN3O2/c1-19-17(20-9-12-3-2-4-14(18)7-12)21-10-13-5-6-15-16(8-13)23-11-22-15/h2-8H,9-11H2,1H3,(H2,19,20,21). The molecule has 5 nitrogen and oxygen atoms in total. The molecule has 0 aliphatic carbocycles. The Bertz CT molecular complexity index is 719. The van der Waals surface area contributed by atoms with E-state index in [9.17, 15) is 0 Å². The van der Waals surface area contributed by atoms with Gasteiger partial charge in [0.15, 0.2) is 17.5 Å². The summed E-state index contributed by atoms with van der Waals surface area (Å²) in [6.45, 7) is 1.59. The fourth-order valence-corrected chi connectivity index (χ4v) is 2.50. The van der Waals surface area contributed by atoms with E-state index in [1.807, 2.05) is 42.5 Å². The summed E-state index contributed by atoms with van der Waals surface area (Å²) in [6.07, 6.45) is 0. The summed E-state index contributed by atoms with van der Waals surface area (Å²) in [7, 11) is 1.74. The van der Waals surface area contributed by atoms with Crippen molar-refractivity contribution in [3.63, 3.8) is 0 Å². The fourth-order valence-electron chi connectivity index (χ4n) is 2.29. The van der Waals surface area contributed by atoms with Crippen molar-refractivity contribution in [2.75, 3.05) is 13.8 Å². The predicted octanol–water partition coefficient (Wildman–Crippen LogP) is 2.93. The van der Waals surface area contributed by atoms with Crippen LogP contribution in [0.3, 0.4) is 0 Å². The molecule has 1 aliphatic rings. The number of fused-ring (bicyclic) bond motifs is 1. The van der Waals surface area contributed by atoms with Gasteiger partial charge in [-0.05, 0) is 35.4 Å². The second-order valence-corrected chi connectivity index (χ2v) is 5.53. The molecule has 0 amide bonds. The zero-order valence-electron chi connectivity index (χ0n) is 12.8. The van der Waals surface area contributed by atoms with E-state index in [-0.39, 0.29) is 6.79 Å². The summed E-state index contributed by atoms with van der Waals surface area (Å²) >= 11 is 5.99. The highest BCUT2D eigenvalue weighted by atomic mass is 35.5. The van der Waals surface area contributed by atoms with E-state index in [2.05, 4.69) is 15.6 Å². The minimum absolute atomic E-state index is 0.287. The monoisotopic (exact) mass is 331 g/mol. The van der Waals surface area contributed by atoms with Gasteiger partial charge in [-0.3, -0.25) is 4.99 Å². The van der Waals surface area contributed by atoms with Crippen molar-refractivity contribution in [2.24, 2.45) is 4.99 Å². The zero-order chi connectivity index (χ0) is 16.1. The van der Waals surface area contributed by atoms with Gasteiger partial charge in [0.1, 0.15) is 0 Å². The van der Waals surface area contributed by atoms with Crippen molar-refractivity contribution in [2.45, 2.75) is 13.1 Å². The molecule has 2 aromatic carbocycles. The molecule has 0 fully saturated rings. The average molecular weight is 332 g/mol. The van der Waals surface area contributed by atoms with Crippen LogP contribution in [0.5, 0.6) is 11.5 Å². The summed E-state index contributed by atoms with van der Waals surface area (Å²) in [5, 5.41) is 7.26. The Morgan fingerprint density at radius 2 is 1.78 bits per heavy atom. The van der Waals surface area contributed by atoms with Crippen molar-refractivity contribution in [1.82, 2.24) is 10.6 Å². The molecule has 3 rings (SSSR count). The predicted molar refractivity (Wildman–Crippen MR) is 91.1 cm³/mol. The SMILES string of the molecule is CN=C(NCc1cccc(Cl)c1)NCc1ccc2c(c1)OCO2. The van der Waals surface area contributed by atoms with E-state index in [0.29, 0.717) is 13.1 Å². The van der Waals surface area contributed by atoms with Crippen LogP contribution in [0, 0.1) is 0 Å². The van der Waals surface area contributed by atoms with Gasteiger partial charge < -0.3 is 20.1 Å². The zero-order valence-corrected chi connectivity index (χ0v) is 13.6. The van der Waals surface area contributed by atoms with E-state index in [0.717, 1.165) is 33.6 Å².